The van der Waals surface area contributed by atoms with Gasteiger partial charge in [-0.25, -0.2) is 0 Å². The maximum absolute atomic E-state index is 12.8. The van der Waals surface area contributed by atoms with Gasteiger partial charge in [0.2, 0.25) is 11.8 Å². The van der Waals surface area contributed by atoms with Crippen LogP contribution in [-0.2, 0) is 16.0 Å². The first-order valence-electron chi connectivity index (χ1n) is 9.57. The average molecular weight is 400 g/mol. The number of benzene rings is 2. The number of carbonyl (C=O) groups excluding carboxylic acids is 2. The summed E-state index contributed by atoms with van der Waals surface area (Å²) in [7, 11) is 0. The first-order valence-corrected chi connectivity index (χ1v) is 9.95. The molecule has 3 rings (SSSR count). The SMILES string of the molecule is CC(C(=O)N1CCN(C(=O)Cc2ccc(Cl)cc2)CC1)C(N)c1ccccc1. The van der Waals surface area contributed by atoms with Gasteiger partial charge in [0.15, 0.2) is 0 Å². The van der Waals surface area contributed by atoms with Gasteiger partial charge in [0.05, 0.1) is 12.3 Å². The number of rotatable bonds is 5. The zero-order valence-corrected chi connectivity index (χ0v) is 16.8. The molecule has 6 heteroatoms. The Hall–Kier alpha value is -2.37. The second-order valence-corrected chi connectivity index (χ2v) is 7.67. The second-order valence-electron chi connectivity index (χ2n) is 7.23. The topological polar surface area (TPSA) is 66.6 Å². The monoisotopic (exact) mass is 399 g/mol. The lowest BCUT2D eigenvalue weighted by Gasteiger charge is -2.37. The quantitative estimate of drug-likeness (QED) is 0.840. The van der Waals surface area contributed by atoms with Gasteiger partial charge in [-0.1, -0.05) is 61.0 Å². The van der Waals surface area contributed by atoms with Gasteiger partial charge in [0, 0.05) is 37.2 Å². The minimum Gasteiger partial charge on any atom is -0.339 e. The van der Waals surface area contributed by atoms with Crippen molar-refractivity contribution in [2.75, 3.05) is 26.2 Å². The Balaban J connectivity index is 1.52. The van der Waals surface area contributed by atoms with Gasteiger partial charge < -0.3 is 15.5 Å². The van der Waals surface area contributed by atoms with E-state index in [1.807, 2.05) is 59.2 Å². The molecular weight excluding hydrogens is 374 g/mol. The Kier molecular flexibility index (Phi) is 6.70. The van der Waals surface area contributed by atoms with Crippen LogP contribution in [0.2, 0.25) is 5.02 Å². The first kappa shape index (κ1) is 20.4. The summed E-state index contributed by atoms with van der Waals surface area (Å²) < 4.78 is 0. The molecule has 0 aliphatic carbocycles. The van der Waals surface area contributed by atoms with Crippen LogP contribution in [0.25, 0.3) is 0 Å². The Bertz CT molecular complexity index is 802. The van der Waals surface area contributed by atoms with E-state index in [-0.39, 0.29) is 23.8 Å². The van der Waals surface area contributed by atoms with E-state index in [2.05, 4.69) is 0 Å². The lowest BCUT2D eigenvalue weighted by Crippen LogP contribution is -2.52. The number of hydrogen-bond donors (Lipinski definition) is 1. The molecule has 1 aliphatic rings. The van der Waals surface area contributed by atoms with Crippen LogP contribution in [0.3, 0.4) is 0 Å². The minimum absolute atomic E-state index is 0.0427. The highest BCUT2D eigenvalue weighted by atomic mass is 35.5. The molecule has 5 nitrogen and oxygen atoms in total. The predicted molar refractivity (Wildman–Crippen MR) is 111 cm³/mol. The van der Waals surface area contributed by atoms with Crippen molar-refractivity contribution < 1.29 is 9.59 Å². The van der Waals surface area contributed by atoms with Crippen LogP contribution < -0.4 is 5.73 Å². The first-order chi connectivity index (χ1) is 13.5. The Labute approximate surface area is 171 Å². The summed E-state index contributed by atoms with van der Waals surface area (Å²) in [6, 6.07) is 16.7. The molecule has 1 aliphatic heterocycles. The highest BCUT2D eigenvalue weighted by Crippen LogP contribution is 2.22. The van der Waals surface area contributed by atoms with Gasteiger partial charge >= 0.3 is 0 Å². The fourth-order valence-corrected chi connectivity index (χ4v) is 3.60. The third kappa shape index (κ3) is 4.91. The fourth-order valence-electron chi connectivity index (χ4n) is 3.47. The van der Waals surface area contributed by atoms with E-state index in [1.165, 1.54) is 0 Å². The number of hydrogen-bond acceptors (Lipinski definition) is 3. The van der Waals surface area contributed by atoms with E-state index in [1.54, 1.807) is 12.1 Å². The fraction of sp³-hybridized carbons (Fsp3) is 0.364. The molecule has 2 aromatic rings. The van der Waals surface area contributed by atoms with Crippen molar-refractivity contribution in [2.45, 2.75) is 19.4 Å². The van der Waals surface area contributed by atoms with Crippen LogP contribution in [0.15, 0.2) is 54.6 Å². The van der Waals surface area contributed by atoms with E-state index >= 15 is 0 Å². The van der Waals surface area contributed by atoms with Crippen molar-refractivity contribution in [3.63, 3.8) is 0 Å². The summed E-state index contributed by atoms with van der Waals surface area (Å²) in [5, 5.41) is 0.658. The number of halogens is 1. The number of nitrogens with zero attached hydrogens (tertiary/aromatic N) is 2. The maximum atomic E-state index is 12.8. The number of amides is 2. The summed E-state index contributed by atoms with van der Waals surface area (Å²) in [5.41, 5.74) is 8.20. The number of piperazine rings is 1. The molecule has 2 atom stereocenters. The smallest absolute Gasteiger partial charge is 0.227 e. The molecule has 2 aromatic carbocycles. The number of nitrogens with two attached hydrogens (primary N) is 1. The molecule has 0 spiro atoms. The van der Waals surface area contributed by atoms with Crippen LogP contribution in [0.5, 0.6) is 0 Å². The standard InChI is InChI=1S/C22H26ClN3O2/c1-16(21(24)18-5-3-2-4-6-18)22(28)26-13-11-25(12-14-26)20(27)15-17-7-9-19(23)10-8-17/h2-10,16,21H,11-15,24H2,1H3. The summed E-state index contributed by atoms with van der Waals surface area (Å²) in [6.07, 6.45) is 0.348. The average Bonchev–Trinajstić information content (AvgIpc) is 2.74. The zero-order chi connectivity index (χ0) is 20.1. The van der Waals surface area contributed by atoms with Crippen LogP contribution in [0, 0.1) is 5.92 Å². The molecule has 1 heterocycles. The minimum atomic E-state index is -0.335. The largest absolute Gasteiger partial charge is 0.339 e. The highest BCUT2D eigenvalue weighted by Gasteiger charge is 2.30. The summed E-state index contributed by atoms with van der Waals surface area (Å²) in [5.74, 6) is -0.191. The van der Waals surface area contributed by atoms with Crippen molar-refractivity contribution in [1.82, 2.24) is 9.80 Å². The third-order valence-corrected chi connectivity index (χ3v) is 5.58. The molecule has 0 radical (unpaired) electrons. The van der Waals surface area contributed by atoms with E-state index in [0.29, 0.717) is 37.6 Å². The molecule has 148 valence electrons. The van der Waals surface area contributed by atoms with Gasteiger partial charge in [-0.05, 0) is 23.3 Å². The normalized spacial score (nSPS) is 16.5. The van der Waals surface area contributed by atoms with E-state index in [9.17, 15) is 9.59 Å². The van der Waals surface area contributed by atoms with Gasteiger partial charge in [-0.2, -0.15) is 0 Å². The molecule has 0 saturated carbocycles. The molecular formula is C22H26ClN3O2. The highest BCUT2D eigenvalue weighted by molar-refractivity contribution is 6.30. The molecule has 2 unspecified atom stereocenters. The van der Waals surface area contributed by atoms with Crippen molar-refractivity contribution in [3.05, 3.63) is 70.7 Å². The zero-order valence-electron chi connectivity index (χ0n) is 16.1. The molecule has 1 saturated heterocycles. The van der Waals surface area contributed by atoms with E-state index in [0.717, 1.165) is 11.1 Å². The van der Waals surface area contributed by atoms with Crippen LogP contribution in [0.1, 0.15) is 24.1 Å². The van der Waals surface area contributed by atoms with Gasteiger partial charge in [0.25, 0.3) is 0 Å². The van der Waals surface area contributed by atoms with Crippen molar-refractivity contribution in [2.24, 2.45) is 11.7 Å². The molecule has 0 aromatic heterocycles. The van der Waals surface area contributed by atoms with Gasteiger partial charge in [-0.15, -0.1) is 0 Å². The molecule has 2 amide bonds. The van der Waals surface area contributed by atoms with E-state index in [4.69, 9.17) is 17.3 Å². The summed E-state index contributed by atoms with van der Waals surface area (Å²) in [4.78, 5) is 29.0. The predicted octanol–water partition coefficient (Wildman–Crippen LogP) is 2.89. The number of carbonyl (C=O) groups is 2. The molecule has 2 N–H and O–H groups in total. The third-order valence-electron chi connectivity index (χ3n) is 5.33. The van der Waals surface area contributed by atoms with E-state index < -0.39 is 0 Å². The van der Waals surface area contributed by atoms with Gasteiger partial charge in [0.1, 0.15) is 0 Å². The van der Waals surface area contributed by atoms with Crippen LogP contribution in [0.4, 0.5) is 0 Å². The second kappa shape index (κ2) is 9.22. The Morgan fingerprint density at radius 1 is 0.964 bits per heavy atom. The van der Waals surface area contributed by atoms with Crippen LogP contribution >= 0.6 is 11.6 Å². The van der Waals surface area contributed by atoms with Crippen molar-refractivity contribution in [3.8, 4) is 0 Å². The Morgan fingerprint density at radius 3 is 2.14 bits per heavy atom. The summed E-state index contributed by atoms with van der Waals surface area (Å²) in [6.45, 7) is 4.04. The van der Waals surface area contributed by atoms with Gasteiger partial charge in [-0.3, -0.25) is 9.59 Å². The summed E-state index contributed by atoms with van der Waals surface area (Å²) >= 11 is 5.89. The molecule has 0 bridgehead atoms. The maximum Gasteiger partial charge on any atom is 0.227 e. The lowest BCUT2D eigenvalue weighted by molar-refractivity contribution is -0.142. The Morgan fingerprint density at radius 2 is 1.54 bits per heavy atom. The van der Waals surface area contributed by atoms with Crippen LogP contribution in [-0.4, -0.2) is 47.8 Å². The van der Waals surface area contributed by atoms with Crippen molar-refractivity contribution in [1.29, 1.82) is 0 Å². The lowest BCUT2D eigenvalue weighted by atomic mass is 9.94. The molecule has 1 fully saturated rings. The molecule has 28 heavy (non-hydrogen) atoms. The van der Waals surface area contributed by atoms with Crippen molar-refractivity contribution >= 4 is 23.4 Å².